The molecule has 0 fully saturated rings. The number of amides is 1. The average Bonchev–Trinajstić information content (AvgIpc) is 2.84. The molecular formula is C15H12ClN3O2. The Bertz CT molecular complexity index is 825. The maximum atomic E-state index is 11.4. The van der Waals surface area contributed by atoms with Gasteiger partial charge in [0.25, 0.3) is 5.91 Å². The van der Waals surface area contributed by atoms with Gasteiger partial charge in [-0.15, -0.1) is 0 Å². The van der Waals surface area contributed by atoms with Crippen LogP contribution in [0.4, 0.5) is 0 Å². The second kappa shape index (κ2) is 5.20. The highest BCUT2D eigenvalue weighted by Crippen LogP contribution is 2.25. The molecular weight excluding hydrogens is 290 g/mol. The lowest BCUT2D eigenvalue weighted by molar-refractivity contribution is 0.0706. The average molecular weight is 302 g/mol. The van der Waals surface area contributed by atoms with Crippen molar-refractivity contribution in [3.05, 3.63) is 53.1 Å². The normalized spacial score (nSPS) is 10.8. The van der Waals surface area contributed by atoms with Gasteiger partial charge in [-0.2, -0.15) is 0 Å². The standard InChI is InChI=1S/C15H12ClN3O2/c1-19-13-7-4-10(15(20)18-21)8-12(13)17-14(19)9-2-5-11(16)6-3-9/h2-8,21H,1H3,(H,18,20). The topological polar surface area (TPSA) is 67.2 Å². The van der Waals surface area contributed by atoms with Gasteiger partial charge in [-0.1, -0.05) is 11.6 Å². The van der Waals surface area contributed by atoms with Crippen LogP contribution < -0.4 is 5.48 Å². The van der Waals surface area contributed by atoms with E-state index in [1.165, 1.54) is 0 Å². The molecule has 0 aliphatic carbocycles. The molecule has 0 unspecified atom stereocenters. The highest BCUT2D eigenvalue weighted by molar-refractivity contribution is 6.30. The van der Waals surface area contributed by atoms with Gasteiger partial charge < -0.3 is 4.57 Å². The third kappa shape index (κ3) is 2.37. The zero-order chi connectivity index (χ0) is 15.0. The van der Waals surface area contributed by atoms with E-state index in [0.29, 0.717) is 16.1 Å². The Kier molecular flexibility index (Phi) is 3.37. The van der Waals surface area contributed by atoms with Gasteiger partial charge in [-0.3, -0.25) is 10.0 Å². The van der Waals surface area contributed by atoms with Gasteiger partial charge in [0.2, 0.25) is 0 Å². The fraction of sp³-hybridized carbons (Fsp3) is 0.0667. The SMILES string of the molecule is Cn1c(-c2ccc(Cl)cc2)nc2cc(C(=O)NO)ccc21. The summed E-state index contributed by atoms with van der Waals surface area (Å²) in [6, 6.07) is 12.5. The summed E-state index contributed by atoms with van der Waals surface area (Å²) in [6.07, 6.45) is 0. The highest BCUT2D eigenvalue weighted by Gasteiger charge is 2.12. The molecule has 1 amide bonds. The van der Waals surface area contributed by atoms with Crippen molar-refractivity contribution in [3.8, 4) is 11.4 Å². The van der Waals surface area contributed by atoms with Crippen LogP contribution in [-0.4, -0.2) is 20.7 Å². The number of hydrogen-bond donors (Lipinski definition) is 2. The van der Waals surface area contributed by atoms with Gasteiger partial charge in [0.05, 0.1) is 11.0 Å². The van der Waals surface area contributed by atoms with Crippen molar-refractivity contribution in [2.45, 2.75) is 0 Å². The van der Waals surface area contributed by atoms with Crippen molar-refractivity contribution in [1.29, 1.82) is 0 Å². The first-order chi connectivity index (χ1) is 10.1. The van der Waals surface area contributed by atoms with E-state index in [1.54, 1.807) is 35.8 Å². The lowest BCUT2D eigenvalue weighted by atomic mass is 10.2. The van der Waals surface area contributed by atoms with Crippen molar-refractivity contribution in [2.24, 2.45) is 7.05 Å². The molecule has 0 aliphatic rings. The van der Waals surface area contributed by atoms with Gasteiger partial charge in [0.15, 0.2) is 0 Å². The molecule has 2 aromatic carbocycles. The summed E-state index contributed by atoms with van der Waals surface area (Å²) in [7, 11) is 1.91. The van der Waals surface area contributed by atoms with Gasteiger partial charge >= 0.3 is 0 Å². The molecule has 21 heavy (non-hydrogen) atoms. The van der Waals surface area contributed by atoms with Crippen molar-refractivity contribution in [1.82, 2.24) is 15.0 Å². The monoisotopic (exact) mass is 301 g/mol. The first kappa shape index (κ1) is 13.6. The number of hydrogen-bond acceptors (Lipinski definition) is 3. The van der Waals surface area contributed by atoms with Crippen molar-refractivity contribution in [3.63, 3.8) is 0 Å². The number of benzene rings is 2. The number of hydroxylamine groups is 1. The van der Waals surface area contributed by atoms with Crippen molar-refractivity contribution >= 4 is 28.5 Å². The van der Waals surface area contributed by atoms with Crippen LogP contribution in [0.2, 0.25) is 5.02 Å². The van der Waals surface area contributed by atoms with Gasteiger partial charge in [-0.25, -0.2) is 10.5 Å². The molecule has 2 N–H and O–H groups in total. The number of aromatic nitrogens is 2. The van der Waals surface area contributed by atoms with Crippen LogP contribution >= 0.6 is 11.6 Å². The van der Waals surface area contributed by atoms with Gasteiger partial charge in [0, 0.05) is 23.2 Å². The quantitative estimate of drug-likeness (QED) is 0.565. The van der Waals surface area contributed by atoms with Gasteiger partial charge in [0.1, 0.15) is 5.82 Å². The maximum Gasteiger partial charge on any atom is 0.274 e. The molecule has 0 bridgehead atoms. The molecule has 5 nitrogen and oxygen atoms in total. The third-order valence-electron chi connectivity index (χ3n) is 3.35. The smallest absolute Gasteiger partial charge is 0.274 e. The minimum absolute atomic E-state index is 0.353. The number of halogens is 1. The lowest BCUT2D eigenvalue weighted by Crippen LogP contribution is -2.18. The molecule has 1 heterocycles. The molecule has 106 valence electrons. The maximum absolute atomic E-state index is 11.4. The zero-order valence-corrected chi connectivity index (χ0v) is 11.9. The first-order valence-corrected chi connectivity index (χ1v) is 6.65. The summed E-state index contributed by atoms with van der Waals surface area (Å²) in [5.74, 6) is 0.221. The van der Waals surface area contributed by atoms with Crippen molar-refractivity contribution in [2.75, 3.05) is 0 Å². The van der Waals surface area contributed by atoms with E-state index >= 15 is 0 Å². The number of aryl methyl sites for hydroxylation is 1. The zero-order valence-electron chi connectivity index (χ0n) is 11.2. The summed E-state index contributed by atoms with van der Waals surface area (Å²) < 4.78 is 1.94. The number of carbonyl (C=O) groups is 1. The van der Waals surface area contributed by atoms with Crippen LogP contribution in [0.3, 0.4) is 0 Å². The molecule has 6 heteroatoms. The highest BCUT2D eigenvalue weighted by atomic mass is 35.5. The number of rotatable bonds is 2. The minimum atomic E-state index is -0.560. The molecule has 0 radical (unpaired) electrons. The van der Waals surface area contributed by atoms with E-state index in [2.05, 4.69) is 4.98 Å². The predicted molar refractivity (Wildman–Crippen MR) is 80.4 cm³/mol. The van der Waals surface area contributed by atoms with E-state index in [-0.39, 0.29) is 0 Å². The summed E-state index contributed by atoms with van der Waals surface area (Å²) in [6.45, 7) is 0. The fourth-order valence-corrected chi connectivity index (χ4v) is 2.39. The van der Waals surface area contributed by atoms with Crippen LogP contribution in [0.15, 0.2) is 42.5 Å². The first-order valence-electron chi connectivity index (χ1n) is 6.27. The predicted octanol–water partition coefficient (Wildman–Crippen LogP) is 3.01. The van der Waals surface area contributed by atoms with Crippen LogP contribution in [0.1, 0.15) is 10.4 Å². The summed E-state index contributed by atoms with van der Waals surface area (Å²) in [5, 5.41) is 9.35. The largest absolute Gasteiger partial charge is 0.327 e. The number of imidazole rings is 1. The van der Waals surface area contributed by atoms with Crippen LogP contribution in [0.25, 0.3) is 22.4 Å². The van der Waals surface area contributed by atoms with Gasteiger partial charge in [-0.05, 0) is 42.5 Å². The molecule has 3 rings (SSSR count). The second-order valence-corrected chi connectivity index (χ2v) is 5.08. The molecule has 0 spiro atoms. The summed E-state index contributed by atoms with van der Waals surface area (Å²) in [5.41, 5.74) is 4.49. The van der Waals surface area contributed by atoms with E-state index in [0.717, 1.165) is 16.9 Å². The molecule has 1 aromatic heterocycles. The molecule has 3 aromatic rings. The lowest BCUT2D eigenvalue weighted by Gasteiger charge is -2.02. The Morgan fingerprint density at radius 2 is 1.95 bits per heavy atom. The number of fused-ring (bicyclic) bond motifs is 1. The van der Waals surface area contributed by atoms with E-state index in [4.69, 9.17) is 16.8 Å². The van der Waals surface area contributed by atoms with E-state index < -0.39 is 5.91 Å². The Morgan fingerprint density at radius 1 is 1.24 bits per heavy atom. The number of carbonyl (C=O) groups excluding carboxylic acids is 1. The fourth-order valence-electron chi connectivity index (χ4n) is 2.26. The molecule has 0 aliphatic heterocycles. The minimum Gasteiger partial charge on any atom is -0.327 e. The summed E-state index contributed by atoms with van der Waals surface area (Å²) in [4.78, 5) is 16.0. The Hall–Kier alpha value is -2.37. The molecule has 0 saturated carbocycles. The number of nitrogens with zero attached hydrogens (tertiary/aromatic N) is 2. The second-order valence-electron chi connectivity index (χ2n) is 4.65. The van der Waals surface area contributed by atoms with Crippen LogP contribution in [0.5, 0.6) is 0 Å². The van der Waals surface area contributed by atoms with Crippen LogP contribution in [-0.2, 0) is 7.05 Å². The summed E-state index contributed by atoms with van der Waals surface area (Å²) >= 11 is 5.89. The molecule has 0 atom stereocenters. The van der Waals surface area contributed by atoms with E-state index in [1.807, 2.05) is 23.7 Å². The Balaban J connectivity index is 2.14. The van der Waals surface area contributed by atoms with E-state index in [9.17, 15) is 4.79 Å². The molecule has 0 saturated heterocycles. The Morgan fingerprint density at radius 3 is 2.62 bits per heavy atom. The van der Waals surface area contributed by atoms with Crippen molar-refractivity contribution < 1.29 is 10.0 Å². The van der Waals surface area contributed by atoms with Crippen LogP contribution in [0, 0.1) is 0 Å². The third-order valence-corrected chi connectivity index (χ3v) is 3.60. The Labute approximate surface area is 125 Å². The number of nitrogens with one attached hydrogen (secondary N) is 1.